The lowest BCUT2D eigenvalue weighted by Gasteiger charge is -2.14. The molecule has 0 aliphatic carbocycles. The third kappa shape index (κ3) is 2.94. The van der Waals surface area contributed by atoms with Crippen LogP contribution in [0.3, 0.4) is 0 Å². The molecule has 0 aliphatic heterocycles. The number of nitrogens with zero attached hydrogens (tertiary/aromatic N) is 1. The van der Waals surface area contributed by atoms with E-state index in [1.54, 1.807) is 17.4 Å². The van der Waals surface area contributed by atoms with Crippen LogP contribution in [-0.2, 0) is 0 Å². The molecule has 1 unspecified atom stereocenters. The Hall–Kier alpha value is -1.16. The molecule has 0 saturated heterocycles. The second-order valence-electron chi connectivity index (χ2n) is 4.17. The highest BCUT2D eigenvalue weighted by atomic mass is 32.1. The van der Waals surface area contributed by atoms with Crippen LogP contribution in [0.5, 0.6) is 0 Å². The summed E-state index contributed by atoms with van der Waals surface area (Å²) in [5.74, 6) is -0.227. The van der Waals surface area contributed by atoms with Crippen molar-refractivity contribution in [3.8, 4) is 0 Å². The van der Waals surface area contributed by atoms with E-state index in [9.17, 15) is 4.39 Å². The van der Waals surface area contributed by atoms with Crippen molar-refractivity contribution in [2.24, 2.45) is 0 Å². The van der Waals surface area contributed by atoms with E-state index in [-0.39, 0.29) is 5.82 Å². The van der Waals surface area contributed by atoms with Gasteiger partial charge >= 0.3 is 0 Å². The third-order valence-electron chi connectivity index (χ3n) is 2.81. The molecule has 0 amide bonds. The number of thiazole rings is 1. The number of fused-ring (bicyclic) bond motifs is 1. The fourth-order valence-electron chi connectivity index (χ4n) is 1.86. The first-order valence-corrected chi connectivity index (χ1v) is 6.87. The van der Waals surface area contributed by atoms with Gasteiger partial charge < -0.3 is 5.32 Å². The monoisotopic (exact) mass is 252 g/mol. The molecule has 2 rings (SSSR count). The standard InChI is InChI=1S/C13H17FN2S/c1-3-5-10(4-2)15-13-16-11-8-9(14)6-7-12(11)17-13/h6-8,10H,3-5H2,1-2H3,(H,15,16). The number of aromatic nitrogens is 1. The maximum Gasteiger partial charge on any atom is 0.184 e. The quantitative estimate of drug-likeness (QED) is 0.851. The summed E-state index contributed by atoms with van der Waals surface area (Å²) in [5, 5.41) is 4.32. The van der Waals surface area contributed by atoms with Crippen molar-refractivity contribution in [2.45, 2.75) is 39.2 Å². The Morgan fingerprint density at radius 1 is 1.41 bits per heavy atom. The van der Waals surface area contributed by atoms with Crippen molar-refractivity contribution in [3.05, 3.63) is 24.0 Å². The zero-order valence-electron chi connectivity index (χ0n) is 10.2. The molecule has 1 aromatic carbocycles. The number of rotatable bonds is 5. The minimum atomic E-state index is -0.227. The Bertz CT molecular complexity index is 495. The molecule has 1 N–H and O–H groups in total. The van der Waals surface area contributed by atoms with Crippen LogP contribution >= 0.6 is 11.3 Å². The van der Waals surface area contributed by atoms with E-state index in [2.05, 4.69) is 24.1 Å². The Balaban J connectivity index is 2.18. The molecule has 1 atom stereocenters. The number of hydrogen-bond donors (Lipinski definition) is 1. The summed E-state index contributed by atoms with van der Waals surface area (Å²) < 4.78 is 14.1. The molecule has 17 heavy (non-hydrogen) atoms. The van der Waals surface area contributed by atoms with Crippen molar-refractivity contribution < 1.29 is 4.39 Å². The van der Waals surface area contributed by atoms with E-state index >= 15 is 0 Å². The van der Waals surface area contributed by atoms with Crippen molar-refractivity contribution >= 4 is 26.7 Å². The lowest BCUT2D eigenvalue weighted by atomic mass is 10.1. The second-order valence-corrected chi connectivity index (χ2v) is 5.20. The molecule has 2 aromatic rings. The minimum absolute atomic E-state index is 0.227. The van der Waals surface area contributed by atoms with Crippen LogP contribution in [0.2, 0.25) is 0 Å². The fourth-order valence-corrected chi connectivity index (χ4v) is 2.79. The Kier molecular flexibility index (Phi) is 3.94. The van der Waals surface area contributed by atoms with Crippen LogP contribution in [-0.4, -0.2) is 11.0 Å². The molecule has 0 bridgehead atoms. The molecular weight excluding hydrogens is 235 g/mol. The predicted molar refractivity (Wildman–Crippen MR) is 72.2 cm³/mol. The lowest BCUT2D eigenvalue weighted by molar-refractivity contribution is 0.622. The van der Waals surface area contributed by atoms with Gasteiger partial charge in [0, 0.05) is 12.1 Å². The largest absolute Gasteiger partial charge is 0.359 e. The summed E-state index contributed by atoms with van der Waals surface area (Å²) in [7, 11) is 0. The first-order chi connectivity index (χ1) is 8.22. The van der Waals surface area contributed by atoms with Crippen LogP contribution in [0.1, 0.15) is 33.1 Å². The predicted octanol–water partition coefficient (Wildman–Crippen LogP) is 4.43. The number of nitrogens with one attached hydrogen (secondary N) is 1. The zero-order chi connectivity index (χ0) is 12.3. The number of anilines is 1. The van der Waals surface area contributed by atoms with Crippen LogP contribution < -0.4 is 5.32 Å². The summed E-state index contributed by atoms with van der Waals surface area (Å²) in [5.41, 5.74) is 0.740. The van der Waals surface area contributed by atoms with Gasteiger partial charge in [-0.05, 0) is 25.0 Å². The average Bonchev–Trinajstić information content (AvgIpc) is 2.69. The van der Waals surface area contributed by atoms with Gasteiger partial charge in [-0.15, -0.1) is 0 Å². The van der Waals surface area contributed by atoms with Gasteiger partial charge in [0.15, 0.2) is 5.13 Å². The Morgan fingerprint density at radius 2 is 2.24 bits per heavy atom. The zero-order valence-corrected chi connectivity index (χ0v) is 11.0. The van der Waals surface area contributed by atoms with Gasteiger partial charge in [0.25, 0.3) is 0 Å². The highest BCUT2D eigenvalue weighted by Crippen LogP contribution is 2.27. The van der Waals surface area contributed by atoms with Crippen LogP contribution in [0.15, 0.2) is 18.2 Å². The van der Waals surface area contributed by atoms with Crippen LogP contribution in [0.4, 0.5) is 9.52 Å². The second kappa shape index (κ2) is 5.45. The average molecular weight is 252 g/mol. The number of halogens is 1. The molecule has 92 valence electrons. The van der Waals surface area contributed by atoms with Gasteiger partial charge in [-0.25, -0.2) is 9.37 Å². The molecule has 0 saturated carbocycles. The molecular formula is C13H17FN2S. The summed E-state index contributed by atoms with van der Waals surface area (Å²) in [6.07, 6.45) is 3.38. The first-order valence-electron chi connectivity index (χ1n) is 6.05. The van der Waals surface area contributed by atoms with E-state index in [1.807, 2.05) is 0 Å². The molecule has 0 aliphatic rings. The van der Waals surface area contributed by atoms with Gasteiger partial charge in [-0.1, -0.05) is 31.6 Å². The number of hydrogen-bond acceptors (Lipinski definition) is 3. The highest BCUT2D eigenvalue weighted by Gasteiger charge is 2.09. The SMILES string of the molecule is CCCC(CC)Nc1nc2cc(F)ccc2s1. The number of benzene rings is 1. The maximum atomic E-state index is 13.0. The molecule has 0 spiro atoms. The van der Waals surface area contributed by atoms with E-state index in [0.29, 0.717) is 6.04 Å². The summed E-state index contributed by atoms with van der Waals surface area (Å²) in [4.78, 5) is 4.41. The fraction of sp³-hybridized carbons (Fsp3) is 0.462. The van der Waals surface area contributed by atoms with Crippen molar-refractivity contribution in [3.63, 3.8) is 0 Å². The minimum Gasteiger partial charge on any atom is -0.359 e. The lowest BCUT2D eigenvalue weighted by Crippen LogP contribution is -2.17. The van der Waals surface area contributed by atoms with Crippen molar-refractivity contribution in [1.29, 1.82) is 0 Å². The van der Waals surface area contributed by atoms with E-state index in [1.165, 1.54) is 12.1 Å². The maximum absolute atomic E-state index is 13.0. The van der Waals surface area contributed by atoms with Crippen LogP contribution in [0.25, 0.3) is 10.2 Å². The van der Waals surface area contributed by atoms with E-state index in [0.717, 1.165) is 34.6 Å². The molecule has 4 heteroatoms. The molecule has 2 nitrogen and oxygen atoms in total. The van der Waals surface area contributed by atoms with E-state index < -0.39 is 0 Å². The van der Waals surface area contributed by atoms with Crippen molar-refractivity contribution in [2.75, 3.05) is 5.32 Å². The normalized spacial score (nSPS) is 12.9. The van der Waals surface area contributed by atoms with Crippen molar-refractivity contribution in [1.82, 2.24) is 4.98 Å². The van der Waals surface area contributed by atoms with Gasteiger partial charge in [0.05, 0.1) is 10.2 Å². The first kappa shape index (κ1) is 12.3. The van der Waals surface area contributed by atoms with Gasteiger partial charge in [-0.2, -0.15) is 0 Å². The molecule has 1 aromatic heterocycles. The Labute approximate surface area is 105 Å². The van der Waals surface area contributed by atoms with E-state index in [4.69, 9.17) is 0 Å². The summed E-state index contributed by atoms with van der Waals surface area (Å²) in [6, 6.07) is 5.21. The molecule has 0 fully saturated rings. The van der Waals surface area contributed by atoms with Gasteiger partial charge in [0.2, 0.25) is 0 Å². The molecule has 1 heterocycles. The van der Waals surface area contributed by atoms with Gasteiger partial charge in [0.1, 0.15) is 5.82 Å². The smallest absolute Gasteiger partial charge is 0.184 e. The Morgan fingerprint density at radius 3 is 2.94 bits per heavy atom. The highest BCUT2D eigenvalue weighted by molar-refractivity contribution is 7.22. The van der Waals surface area contributed by atoms with Gasteiger partial charge in [-0.3, -0.25) is 0 Å². The summed E-state index contributed by atoms with van der Waals surface area (Å²) in [6.45, 7) is 4.35. The molecule has 0 radical (unpaired) electrons. The topological polar surface area (TPSA) is 24.9 Å². The summed E-state index contributed by atoms with van der Waals surface area (Å²) >= 11 is 1.59. The third-order valence-corrected chi connectivity index (χ3v) is 3.77. The van der Waals surface area contributed by atoms with Crippen LogP contribution in [0, 0.1) is 5.82 Å².